The average Bonchev–Trinajstić information content (AvgIpc) is 2.85. The van der Waals surface area contributed by atoms with Gasteiger partial charge in [-0.25, -0.2) is 0 Å². The second-order valence-electron chi connectivity index (χ2n) is 5.75. The Morgan fingerprint density at radius 3 is 2.80 bits per heavy atom. The van der Waals surface area contributed by atoms with Gasteiger partial charge < -0.3 is 5.11 Å². The first-order valence-electron chi connectivity index (χ1n) is 7.22. The van der Waals surface area contributed by atoms with Gasteiger partial charge in [0, 0.05) is 17.1 Å². The van der Waals surface area contributed by atoms with Crippen LogP contribution in [-0.4, -0.2) is 29.1 Å². The summed E-state index contributed by atoms with van der Waals surface area (Å²) in [6.45, 7) is 5.72. The van der Waals surface area contributed by atoms with E-state index >= 15 is 0 Å². The third-order valence-corrected chi connectivity index (χ3v) is 5.19. The molecule has 2 rings (SSSR count). The van der Waals surface area contributed by atoms with Crippen LogP contribution in [0.1, 0.15) is 44.7 Å². The van der Waals surface area contributed by atoms with Crippen molar-refractivity contribution in [2.45, 2.75) is 39.2 Å². The van der Waals surface area contributed by atoms with Crippen LogP contribution < -0.4 is 0 Å². The maximum absolute atomic E-state index is 11.6. The lowest BCUT2D eigenvalue weighted by molar-refractivity contribution is -0.148. The molecule has 1 saturated heterocycles. The van der Waals surface area contributed by atoms with Crippen LogP contribution in [0.5, 0.6) is 0 Å². The molecule has 3 nitrogen and oxygen atoms in total. The molecule has 2 atom stereocenters. The number of rotatable bonds is 5. The Morgan fingerprint density at radius 1 is 1.50 bits per heavy atom. The fourth-order valence-corrected chi connectivity index (χ4v) is 3.83. The van der Waals surface area contributed by atoms with E-state index < -0.39 is 11.4 Å². The molecular formula is C16H22BrNO2. The number of carboxylic acid groups (broad SMARTS) is 1. The summed E-state index contributed by atoms with van der Waals surface area (Å²) < 4.78 is 1.09. The number of likely N-dealkylation sites (tertiary alicyclic amines) is 1. The molecule has 110 valence electrons. The van der Waals surface area contributed by atoms with Gasteiger partial charge in [-0.15, -0.1) is 0 Å². The van der Waals surface area contributed by atoms with Crippen LogP contribution in [0.3, 0.4) is 0 Å². The molecule has 0 aliphatic carbocycles. The second-order valence-corrected chi connectivity index (χ2v) is 6.61. The Bertz CT molecular complexity index is 491. The van der Waals surface area contributed by atoms with E-state index in [0.29, 0.717) is 6.54 Å². The minimum absolute atomic E-state index is 0.239. The second kappa shape index (κ2) is 6.27. The van der Waals surface area contributed by atoms with Crippen LogP contribution >= 0.6 is 15.9 Å². The van der Waals surface area contributed by atoms with E-state index in [1.54, 1.807) is 0 Å². The molecule has 1 heterocycles. The highest BCUT2D eigenvalue weighted by Crippen LogP contribution is 2.40. The van der Waals surface area contributed by atoms with Crippen molar-refractivity contribution in [1.82, 2.24) is 4.90 Å². The van der Waals surface area contributed by atoms with Crippen LogP contribution in [0.2, 0.25) is 0 Å². The number of nitrogens with zero attached hydrogens (tertiary/aromatic N) is 1. The maximum atomic E-state index is 11.6. The van der Waals surface area contributed by atoms with E-state index in [1.165, 1.54) is 5.56 Å². The topological polar surface area (TPSA) is 40.5 Å². The van der Waals surface area contributed by atoms with Crippen molar-refractivity contribution in [1.29, 1.82) is 0 Å². The van der Waals surface area contributed by atoms with E-state index in [-0.39, 0.29) is 6.04 Å². The monoisotopic (exact) mass is 339 g/mol. The molecule has 1 aromatic rings. The molecule has 0 radical (unpaired) electrons. The predicted molar refractivity (Wildman–Crippen MR) is 83.7 cm³/mol. The van der Waals surface area contributed by atoms with Crippen molar-refractivity contribution in [3.63, 3.8) is 0 Å². The molecule has 4 heteroatoms. The van der Waals surface area contributed by atoms with Crippen LogP contribution in [0.4, 0.5) is 0 Å². The van der Waals surface area contributed by atoms with Crippen LogP contribution in [0.15, 0.2) is 28.7 Å². The number of halogens is 1. The van der Waals surface area contributed by atoms with Gasteiger partial charge in [0.15, 0.2) is 0 Å². The summed E-state index contributed by atoms with van der Waals surface area (Å²) in [5.74, 6) is -0.638. The summed E-state index contributed by atoms with van der Waals surface area (Å²) in [5, 5.41) is 9.58. The first kappa shape index (κ1) is 15.5. The van der Waals surface area contributed by atoms with Crippen molar-refractivity contribution >= 4 is 21.9 Å². The van der Waals surface area contributed by atoms with Gasteiger partial charge in [-0.2, -0.15) is 0 Å². The smallest absolute Gasteiger partial charge is 0.310 e. The van der Waals surface area contributed by atoms with Crippen molar-refractivity contribution in [3.05, 3.63) is 34.3 Å². The van der Waals surface area contributed by atoms with Gasteiger partial charge >= 0.3 is 5.97 Å². The Morgan fingerprint density at radius 2 is 2.20 bits per heavy atom. The van der Waals surface area contributed by atoms with Crippen molar-refractivity contribution in [3.8, 4) is 0 Å². The van der Waals surface area contributed by atoms with E-state index in [9.17, 15) is 9.90 Å². The first-order valence-corrected chi connectivity index (χ1v) is 8.01. The summed E-state index contributed by atoms with van der Waals surface area (Å²) in [6.07, 6.45) is 2.44. The molecule has 0 aromatic heterocycles. The lowest BCUT2D eigenvalue weighted by atomic mass is 9.82. The van der Waals surface area contributed by atoms with Crippen molar-refractivity contribution in [2.24, 2.45) is 5.41 Å². The highest BCUT2D eigenvalue weighted by molar-refractivity contribution is 9.10. The molecule has 20 heavy (non-hydrogen) atoms. The highest BCUT2D eigenvalue weighted by atomic mass is 79.9. The normalized spacial score (nSPS) is 24.8. The quantitative estimate of drug-likeness (QED) is 0.878. The average molecular weight is 340 g/mol. The van der Waals surface area contributed by atoms with Gasteiger partial charge in [0.2, 0.25) is 0 Å². The van der Waals surface area contributed by atoms with Gasteiger partial charge in [-0.05, 0) is 37.9 Å². The Balaban J connectivity index is 2.16. The first-order chi connectivity index (χ1) is 9.50. The maximum Gasteiger partial charge on any atom is 0.310 e. The Hall–Kier alpha value is -0.870. The van der Waals surface area contributed by atoms with Gasteiger partial charge in [0.05, 0.1) is 5.41 Å². The summed E-state index contributed by atoms with van der Waals surface area (Å²) in [4.78, 5) is 13.9. The SMILES string of the molecule is CCCC1(C(=O)O)CCN(C(C)c2ccccc2Br)C1. The van der Waals surface area contributed by atoms with Crippen LogP contribution in [0, 0.1) is 5.41 Å². The lowest BCUT2D eigenvalue weighted by Gasteiger charge is -2.28. The molecule has 0 saturated carbocycles. The number of carboxylic acids is 1. The molecule has 0 bridgehead atoms. The molecule has 0 amide bonds. The highest BCUT2D eigenvalue weighted by Gasteiger charge is 2.45. The molecule has 1 fully saturated rings. The van der Waals surface area contributed by atoms with E-state index in [1.807, 2.05) is 18.2 Å². The fourth-order valence-electron chi connectivity index (χ4n) is 3.21. The summed E-state index contributed by atoms with van der Waals surface area (Å²) in [5.41, 5.74) is 0.676. The van der Waals surface area contributed by atoms with Crippen LogP contribution in [0.25, 0.3) is 0 Å². The third-order valence-electron chi connectivity index (χ3n) is 4.47. The molecule has 0 spiro atoms. The third kappa shape index (κ3) is 2.91. The number of benzene rings is 1. The molecule has 1 aliphatic rings. The zero-order chi connectivity index (χ0) is 14.8. The Labute approximate surface area is 129 Å². The van der Waals surface area contributed by atoms with E-state index in [2.05, 4.69) is 40.7 Å². The van der Waals surface area contributed by atoms with Crippen molar-refractivity contribution in [2.75, 3.05) is 13.1 Å². The summed E-state index contributed by atoms with van der Waals surface area (Å²) in [6, 6.07) is 8.42. The fraction of sp³-hybridized carbons (Fsp3) is 0.562. The molecule has 1 aromatic carbocycles. The van der Waals surface area contributed by atoms with Crippen molar-refractivity contribution < 1.29 is 9.90 Å². The number of hydrogen-bond acceptors (Lipinski definition) is 2. The van der Waals surface area contributed by atoms with Gasteiger partial charge in [0.1, 0.15) is 0 Å². The largest absolute Gasteiger partial charge is 0.481 e. The number of hydrogen-bond donors (Lipinski definition) is 1. The minimum Gasteiger partial charge on any atom is -0.481 e. The molecule has 2 unspecified atom stereocenters. The standard InChI is InChI=1S/C16H22BrNO2/c1-3-8-16(15(19)20)9-10-18(11-16)12(2)13-6-4-5-7-14(13)17/h4-7,12H,3,8-11H2,1-2H3,(H,19,20). The zero-order valence-electron chi connectivity index (χ0n) is 12.1. The summed E-state index contributed by atoms with van der Waals surface area (Å²) in [7, 11) is 0. The molecular weight excluding hydrogens is 318 g/mol. The van der Waals surface area contributed by atoms with E-state index in [0.717, 1.165) is 30.3 Å². The predicted octanol–water partition coefficient (Wildman–Crippen LogP) is 4.09. The van der Waals surface area contributed by atoms with Gasteiger partial charge in [-0.1, -0.05) is 47.5 Å². The number of aliphatic carboxylic acids is 1. The zero-order valence-corrected chi connectivity index (χ0v) is 13.7. The minimum atomic E-state index is -0.638. The van der Waals surface area contributed by atoms with Gasteiger partial charge in [-0.3, -0.25) is 9.69 Å². The van der Waals surface area contributed by atoms with E-state index in [4.69, 9.17) is 0 Å². The molecule has 1 aliphatic heterocycles. The Kier molecular flexibility index (Phi) is 4.86. The summed E-state index contributed by atoms with van der Waals surface area (Å²) >= 11 is 3.59. The number of carbonyl (C=O) groups is 1. The van der Waals surface area contributed by atoms with Crippen LogP contribution in [-0.2, 0) is 4.79 Å². The lowest BCUT2D eigenvalue weighted by Crippen LogP contribution is -2.35. The van der Waals surface area contributed by atoms with Gasteiger partial charge in [0.25, 0.3) is 0 Å². The molecule has 1 N–H and O–H groups in total.